The van der Waals surface area contributed by atoms with E-state index in [0.717, 1.165) is 23.9 Å². The molecule has 8 nitrogen and oxygen atoms in total. The van der Waals surface area contributed by atoms with Crippen LogP contribution in [0.5, 0.6) is 0 Å². The number of carbonyl (C=O) groups excluding carboxylic acids is 1. The van der Waals surface area contributed by atoms with E-state index in [-0.39, 0.29) is 17.3 Å². The molecular weight excluding hydrogens is 314 g/mol. The molecule has 0 aliphatic rings. The number of carbonyl (C=O) groups is 2. The smallest absolute Gasteiger partial charge is 0.336 e. The molecule has 0 saturated heterocycles. The van der Waals surface area contributed by atoms with E-state index in [2.05, 4.69) is 0 Å². The van der Waals surface area contributed by atoms with E-state index in [4.69, 9.17) is 5.11 Å². The highest BCUT2D eigenvalue weighted by Gasteiger charge is 2.31. The van der Waals surface area contributed by atoms with Gasteiger partial charge in [-0.25, -0.2) is 4.79 Å². The van der Waals surface area contributed by atoms with Gasteiger partial charge in [-0.3, -0.25) is 14.9 Å². The summed E-state index contributed by atoms with van der Waals surface area (Å²) >= 11 is 0.933. The summed E-state index contributed by atoms with van der Waals surface area (Å²) in [5, 5.41) is 39.9. The van der Waals surface area contributed by atoms with Crippen molar-refractivity contribution in [1.82, 2.24) is 0 Å². The van der Waals surface area contributed by atoms with E-state index < -0.39 is 39.9 Å². The van der Waals surface area contributed by atoms with Gasteiger partial charge in [-0.1, -0.05) is 17.8 Å². The number of nitrogens with zero attached hydrogens (tertiary/aromatic N) is 1. The van der Waals surface area contributed by atoms with Crippen molar-refractivity contribution in [3.8, 4) is 0 Å². The Labute approximate surface area is 129 Å². The van der Waals surface area contributed by atoms with Crippen molar-refractivity contribution in [2.75, 3.05) is 5.75 Å². The standard InChI is InChI=1S/C13H15NO7S/c1-7(15)22-6-5-10(16)12(17)11-8(13(18)19)3-2-4-9(11)14(20)21/h2-4,10,12,16-17H,5-6H2,1H3,(H,18,19). The maximum absolute atomic E-state index is 11.2. The maximum atomic E-state index is 11.2. The fourth-order valence-electron chi connectivity index (χ4n) is 1.88. The molecule has 0 heterocycles. The molecular formula is C13H15NO7S. The lowest BCUT2D eigenvalue weighted by atomic mass is 9.95. The van der Waals surface area contributed by atoms with Crippen LogP contribution in [0.1, 0.15) is 35.4 Å². The summed E-state index contributed by atoms with van der Waals surface area (Å²) < 4.78 is 0. The van der Waals surface area contributed by atoms with E-state index in [1.807, 2.05) is 0 Å². The molecule has 22 heavy (non-hydrogen) atoms. The third-order valence-corrected chi connectivity index (χ3v) is 3.74. The Morgan fingerprint density at radius 2 is 2.00 bits per heavy atom. The maximum Gasteiger partial charge on any atom is 0.336 e. The van der Waals surface area contributed by atoms with Crippen molar-refractivity contribution < 1.29 is 29.8 Å². The topological polar surface area (TPSA) is 138 Å². The van der Waals surface area contributed by atoms with E-state index in [1.54, 1.807) is 0 Å². The molecule has 0 radical (unpaired) electrons. The second kappa shape index (κ2) is 7.87. The summed E-state index contributed by atoms with van der Waals surface area (Å²) in [5.41, 5.74) is -1.47. The quantitative estimate of drug-likeness (QED) is 0.503. The highest BCUT2D eigenvalue weighted by molar-refractivity contribution is 8.13. The van der Waals surface area contributed by atoms with Crippen LogP contribution >= 0.6 is 11.8 Å². The number of carboxylic acid groups (broad SMARTS) is 1. The summed E-state index contributed by atoms with van der Waals surface area (Å²) in [6.45, 7) is 1.35. The van der Waals surface area contributed by atoms with Gasteiger partial charge >= 0.3 is 5.97 Å². The third kappa shape index (κ3) is 4.52. The number of carboxylic acids is 1. The molecule has 0 spiro atoms. The van der Waals surface area contributed by atoms with E-state index in [1.165, 1.54) is 13.0 Å². The van der Waals surface area contributed by atoms with Gasteiger partial charge in [0, 0.05) is 18.7 Å². The normalized spacial score (nSPS) is 13.4. The SMILES string of the molecule is CC(=O)SCCC(O)C(O)c1c(C(=O)O)cccc1[N+](=O)[O-]. The molecule has 1 aromatic carbocycles. The molecule has 0 amide bonds. The first-order valence-corrected chi connectivity index (χ1v) is 7.24. The molecule has 9 heteroatoms. The second-order valence-corrected chi connectivity index (χ2v) is 5.71. The lowest BCUT2D eigenvalue weighted by Gasteiger charge is -2.19. The highest BCUT2D eigenvalue weighted by Crippen LogP contribution is 2.32. The van der Waals surface area contributed by atoms with Gasteiger partial charge in [0.2, 0.25) is 0 Å². The molecule has 120 valence electrons. The van der Waals surface area contributed by atoms with Crippen LogP contribution in [0.2, 0.25) is 0 Å². The van der Waals surface area contributed by atoms with Gasteiger partial charge in [-0.2, -0.15) is 0 Å². The number of benzene rings is 1. The van der Waals surface area contributed by atoms with Crippen molar-refractivity contribution in [2.24, 2.45) is 0 Å². The van der Waals surface area contributed by atoms with Crippen molar-refractivity contribution in [1.29, 1.82) is 0 Å². The fourth-order valence-corrected chi connectivity index (χ4v) is 2.53. The van der Waals surface area contributed by atoms with Crippen LogP contribution in [0.3, 0.4) is 0 Å². The Hall–Kier alpha value is -1.97. The second-order valence-electron chi connectivity index (χ2n) is 4.44. The van der Waals surface area contributed by atoms with Gasteiger partial charge < -0.3 is 15.3 Å². The molecule has 0 saturated carbocycles. The zero-order valence-corrected chi connectivity index (χ0v) is 12.4. The molecule has 1 rings (SSSR count). The molecule has 0 fully saturated rings. The van der Waals surface area contributed by atoms with Crippen molar-refractivity contribution in [2.45, 2.75) is 25.6 Å². The predicted molar refractivity (Wildman–Crippen MR) is 78.8 cm³/mol. The minimum Gasteiger partial charge on any atom is -0.478 e. The first-order valence-electron chi connectivity index (χ1n) is 6.25. The average molecular weight is 329 g/mol. The molecule has 0 aliphatic heterocycles. The van der Waals surface area contributed by atoms with Gasteiger partial charge in [0.15, 0.2) is 5.12 Å². The van der Waals surface area contributed by atoms with Crippen molar-refractivity contribution in [3.05, 3.63) is 39.4 Å². The van der Waals surface area contributed by atoms with Gasteiger partial charge in [0.25, 0.3) is 5.69 Å². The Morgan fingerprint density at radius 1 is 1.36 bits per heavy atom. The van der Waals surface area contributed by atoms with Crippen LogP contribution in [0.4, 0.5) is 5.69 Å². The molecule has 0 aliphatic carbocycles. The number of thioether (sulfide) groups is 1. The molecule has 2 unspecified atom stereocenters. The fraction of sp³-hybridized carbons (Fsp3) is 0.385. The lowest BCUT2D eigenvalue weighted by molar-refractivity contribution is -0.386. The van der Waals surface area contributed by atoms with Gasteiger partial charge in [0.1, 0.15) is 6.10 Å². The number of aromatic carboxylic acids is 1. The van der Waals surface area contributed by atoms with E-state index in [9.17, 15) is 29.9 Å². The molecule has 2 atom stereocenters. The lowest BCUT2D eigenvalue weighted by Crippen LogP contribution is -2.22. The monoisotopic (exact) mass is 329 g/mol. The first kappa shape index (κ1) is 18.1. The van der Waals surface area contributed by atoms with Crippen LogP contribution in [0.15, 0.2) is 18.2 Å². The number of hydrogen-bond acceptors (Lipinski definition) is 7. The zero-order chi connectivity index (χ0) is 16.9. The Bertz CT molecular complexity index is 558. The van der Waals surface area contributed by atoms with E-state index in [0.29, 0.717) is 0 Å². The third-order valence-electron chi connectivity index (χ3n) is 2.89. The first-order chi connectivity index (χ1) is 10.3. The number of rotatable bonds is 7. The summed E-state index contributed by atoms with van der Waals surface area (Å²) in [4.78, 5) is 32.1. The molecule has 0 aromatic heterocycles. The van der Waals surface area contributed by atoms with Crippen molar-refractivity contribution in [3.63, 3.8) is 0 Å². The average Bonchev–Trinajstić information content (AvgIpc) is 2.44. The Balaban J connectivity index is 3.09. The van der Waals surface area contributed by atoms with Crippen LogP contribution in [-0.4, -0.2) is 43.2 Å². The minimum atomic E-state index is -1.74. The predicted octanol–water partition coefficient (Wildman–Crippen LogP) is 1.36. The number of aliphatic hydroxyl groups excluding tert-OH is 2. The van der Waals surface area contributed by atoms with Crippen LogP contribution < -0.4 is 0 Å². The summed E-state index contributed by atoms with van der Waals surface area (Å²) in [5.74, 6) is -1.24. The van der Waals surface area contributed by atoms with Crippen molar-refractivity contribution >= 4 is 28.5 Å². The minimum absolute atomic E-state index is 0.0173. The van der Waals surface area contributed by atoms with Crippen LogP contribution in [0, 0.1) is 10.1 Å². The van der Waals surface area contributed by atoms with E-state index >= 15 is 0 Å². The summed E-state index contributed by atoms with van der Waals surface area (Å²) in [7, 11) is 0. The zero-order valence-electron chi connectivity index (χ0n) is 11.6. The Morgan fingerprint density at radius 3 is 2.50 bits per heavy atom. The molecule has 0 bridgehead atoms. The van der Waals surface area contributed by atoms with Crippen LogP contribution in [0.25, 0.3) is 0 Å². The summed E-state index contributed by atoms with van der Waals surface area (Å²) in [6.07, 6.45) is -3.18. The van der Waals surface area contributed by atoms with Gasteiger partial charge in [-0.05, 0) is 12.5 Å². The highest BCUT2D eigenvalue weighted by atomic mass is 32.2. The Kier molecular flexibility index (Phi) is 6.47. The number of hydrogen-bond donors (Lipinski definition) is 3. The van der Waals surface area contributed by atoms with Gasteiger partial charge in [0.05, 0.1) is 22.2 Å². The summed E-state index contributed by atoms with van der Waals surface area (Å²) in [6, 6.07) is 3.36. The molecule has 1 aromatic rings. The number of aliphatic hydroxyl groups is 2. The van der Waals surface area contributed by atoms with Gasteiger partial charge in [-0.15, -0.1) is 0 Å². The number of nitro benzene ring substituents is 1. The van der Waals surface area contributed by atoms with Crippen LogP contribution in [-0.2, 0) is 4.79 Å². The number of nitro groups is 1. The molecule has 3 N–H and O–H groups in total. The largest absolute Gasteiger partial charge is 0.478 e.